The molecule has 1 atom stereocenters. The number of carbonyl (C=O) groups excluding carboxylic acids is 2. The van der Waals surface area contributed by atoms with Gasteiger partial charge in [-0.15, -0.1) is 11.3 Å². The fraction of sp³-hybridized carbons (Fsp3) is 0.294. The van der Waals surface area contributed by atoms with E-state index in [1.54, 1.807) is 16.2 Å². The average molecular weight is 553 g/mol. The van der Waals surface area contributed by atoms with Crippen LogP contribution in [0.5, 0.6) is 0 Å². The summed E-state index contributed by atoms with van der Waals surface area (Å²) in [5.41, 5.74) is 2.89. The molecule has 6 heteroatoms. The molecule has 1 aromatic heterocycles. The van der Waals surface area contributed by atoms with Gasteiger partial charge in [0.1, 0.15) is 0 Å². The standard InChI is InChI=1S/C34H36N2O3S/c1-26-19-20-31(40-26)24-35(22-27-12-5-2-6-13-27)32(37)25-36(23-30-18-11-21-39-30)34(38)33(28-14-7-3-8-15-28)29-16-9-4-10-17-29/h2-10,12-17,19-20,30,33H,11,18,21-25H2,1H3. The highest BCUT2D eigenvalue weighted by Gasteiger charge is 2.32. The topological polar surface area (TPSA) is 49.9 Å². The third-order valence-electron chi connectivity index (χ3n) is 7.31. The van der Waals surface area contributed by atoms with Crippen molar-refractivity contribution in [3.05, 3.63) is 130 Å². The lowest BCUT2D eigenvalue weighted by atomic mass is 9.90. The van der Waals surface area contributed by atoms with Gasteiger partial charge in [-0.3, -0.25) is 9.59 Å². The van der Waals surface area contributed by atoms with Crippen LogP contribution in [0.1, 0.15) is 45.2 Å². The third kappa shape index (κ3) is 7.26. The van der Waals surface area contributed by atoms with E-state index < -0.39 is 5.92 Å². The molecular formula is C34H36N2O3S. The van der Waals surface area contributed by atoms with Crippen LogP contribution in [0.2, 0.25) is 0 Å². The summed E-state index contributed by atoms with van der Waals surface area (Å²) in [5, 5.41) is 0. The van der Waals surface area contributed by atoms with Gasteiger partial charge in [-0.25, -0.2) is 0 Å². The van der Waals surface area contributed by atoms with E-state index in [9.17, 15) is 9.59 Å². The molecule has 1 saturated heterocycles. The number of hydrogen-bond acceptors (Lipinski definition) is 4. The highest BCUT2D eigenvalue weighted by atomic mass is 32.1. The maximum atomic E-state index is 14.4. The molecule has 1 fully saturated rings. The smallest absolute Gasteiger partial charge is 0.242 e. The number of aryl methyl sites for hydroxylation is 1. The van der Waals surface area contributed by atoms with Gasteiger partial charge in [0, 0.05) is 29.5 Å². The number of carbonyl (C=O) groups is 2. The highest BCUT2D eigenvalue weighted by molar-refractivity contribution is 7.11. The Morgan fingerprint density at radius 2 is 1.45 bits per heavy atom. The van der Waals surface area contributed by atoms with E-state index in [1.165, 1.54) is 4.88 Å². The van der Waals surface area contributed by atoms with Gasteiger partial charge in [-0.05, 0) is 48.6 Å². The highest BCUT2D eigenvalue weighted by Crippen LogP contribution is 2.28. The molecule has 40 heavy (non-hydrogen) atoms. The summed E-state index contributed by atoms with van der Waals surface area (Å²) in [4.78, 5) is 34.4. The molecule has 0 radical (unpaired) electrons. The van der Waals surface area contributed by atoms with Gasteiger partial charge >= 0.3 is 0 Å². The first kappa shape index (κ1) is 27.8. The largest absolute Gasteiger partial charge is 0.376 e. The minimum Gasteiger partial charge on any atom is -0.376 e. The van der Waals surface area contributed by atoms with Gasteiger partial charge in [0.25, 0.3) is 0 Å². The second-order valence-electron chi connectivity index (χ2n) is 10.4. The number of benzene rings is 3. The molecule has 1 unspecified atom stereocenters. The summed E-state index contributed by atoms with van der Waals surface area (Å²) in [6.07, 6.45) is 1.80. The Bertz CT molecular complexity index is 1330. The maximum absolute atomic E-state index is 14.4. The molecular weight excluding hydrogens is 516 g/mol. The van der Waals surface area contributed by atoms with Crippen molar-refractivity contribution in [1.82, 2.24) is 9.80 Å². The van der Waals surface area contributed by atoms with Crippen LogP contribution in [0, 0.1) is 6.92 Å². The van der Waals surface area contributed by atoms with Crippen molar-refractivity contribution in [2.24, 2.45) is 0 Å². The number of rotatable bonds is 11. The van der Waals surface area contributed by atoms with Crippen molar-refractivity contribution in [3.8, 4) is 0 Å². The Kier molecular flexibility index (Phi) is 9.42. The first-order valence-corrected chi connectivity index (χ1v) is 14.8. The second-order valence-corrected chi connectivity index (χ2v) is 11.7. The van der Waals surface area contributed by atoms with Crippen LogP contribution < -0.4 is 0 Å². The van der Waals surface area contributed by atoms with Crippen LogP contribution in [-0.4, -0.2) is 47.4 Å². The van der Waals surface area contributed by atoms with E-state index in [4.69, 9.17) is 4.74 Å². The van der Waals surface area contributed by atoms with E-state index in [0.29, 0.717) is 26.2 Å². The number of ether oxygens (including phenoxy) is 1. The number of thiophene rings is 1. The van der Waals surface area contributed by atoms with Crippen molar-refractivity contribution < 1.29 is 14.3 Å². The van der Waals surface area contributed by atoms with E-state index in [2.05, 4.69) is 19.1 Å². The average Bonchev–Trinajstić information content (AvgIpc) is 3.65. The van der Waals surface area contributed by atoms with Crippen LogP contribution in [0.25, 0.3) is 0 Å². The van der Waals surface area contributed by atoms with Crippen molar-refractivity contribution in [2.75, 3.05) is 19.7 Å². The van der Waals surface area contributed by atoms with E-state index >= 15 is 0 Å². The summed E-state index contributed by atoms with van der Waals surface area (Å²) >= 11 is 1.70. The Morgan fingerprint density at radius 1 is 0.825 bits per heavy atom. The molecule has 1 aliphatic rings. The molecule has 5 rings (SSSR count). The quantitative estimate of drug-likeness (QED) is 0.216. The molecule has 206 valence electrons. The maximum Gasteiger partial charge on any atom is 0.242 e. The van der Waals surface area contributed by atoms with Crippen LogP contribution in [0.4, 0.5) is 0 Å². The van der Waals surface area contributed by atoms with E-state index in [1.807, 2.05) is 95.9 Å². The molecule has 2 amide bonds. The second kappa shape index (κ2) is 13.6. The monoisotopic (exact) mass is 552 g/mol. The Hall–Kier alpha value is -3.74. The van der Waals surface area contributed by atoms with Crippen LogP contribution >= 0.6 is 11.3 Å². The summed E-state index contributed by atoms with van der Waals surface area (Å²) in [7, 11) is 0. The first-order chi connectivity index (χ1) is 19.6. The summed E-state index contributed by atoms with van der Waals surface area (Å²) in [5.74, 6) is -0.645. The molecule has 0 saturated carbocycles. The minimum absolute atomic E-state index is 0.00600. The summed E-state index contributed by atoms with van der Waals surface area (Å²) in [6, 6.07) is 33.9. The fourth-order valence-electron chi connectivity index (χ4n) is 5.28. The number of hydrogen-bond donors (Lipinski definition) is 0. The van der Waals surface area contributed by atoms with Crippen molar-refractivity contribution in [2.45, 2.75) is 44.9 Å². The van der Waals surface area contributed by atoms with Gasteiger partial charge in [0.05, 0.1) is 25.1 Å². The molecule has 4 aromatic rings. The lowest BCUT2D eigenvalue weighted by Gasteiger charge is -2.32. The molecule has 3 aromatic carbocycles. The number of nitrogens with zero attached hydrogens (tertiary/aromatic N) is 2. The van der Waals surface area contributed by atoms with E-state index in [-0.39, 0.29) is 24.5 Å². The van der Waals surface area contributed by atoms with Gasteiger partial charge in [0.2, 0.25) is 11.8 Å². The first-order valence-electron chi connectivity index (χ1n) is 13.9. The molecule has 0 spiro atoms. The molecule has 0 N–H and O–H groups in total. The zero-order chi connectivity index (χ0) is 27.7. The Balaban J connectivity index is 1.44. The van der Waals surface area contributed by atoms with Gasteiger partial charge in [-0.2, -0.15) is 0 Å². The van der Waals surface area contributed by atoms with Crippen molar-refractivity contribution >= 4 is 23.2 Å². The molecule has 0 bridgehead atoms. The zero-order valence-electron chi connectivity index (χ0n) is 22.9. The fourth-order valence-corrected chi connectivity index (χ4v) is 6.18. The minimum atomic E-state index is -0.501. The lowest BCUT2D eigenvalue weighted by Crippen LogP contribution is -2.47. The molecule has 2 heterocycles. The molecule has 1 aliphatic heterocycles. The zero-order valence-corrected chi connectivity index (χ0v) is 23.8. The van der Waals surface area contributed by atoms with Crippen molar-refractivity contribution in [1.29, 1.82) is 0 Å². The summed E-state index contributed by atoms with van der Waals surface area (Å²) < 4.78 is 5.94. The van der Waals surface area contributed by atoms with Crippen LogP contribution in [-0.2, 0) is 27.4 Å². The van der Waals surface area contributed by atoms with Crippen molar-refractivity contribution in [3.63, 3.8) is 0 Å². The third-order valence-corrected chi connectivity index (χ3v) is 8.30. The summed E-state index contributed by atoms with van der Waals surface area (Å²) in [6.45, 7) is 4.17. The normalized spacial score (nSPS) is 14.8. The molecule has 0 aliphatic carbocycles. The van der Waals surface area contributed by atoms with Crippen LogP contribution in [0.3, 0.4) is 0 Å². The van der Waals surface area contributed by atoms with Gasteiger partial charge < -0.3 is 14.5 Å². The SMILES string of the molecule is Cc1ccc(CN(Cc2ccccc2)C(=O)CN(CC2CCCO2)C(=O)C(c2ccccc2)c2ccccc2)s1. The number of amides is 2. The predicted octanol–water partition coefficient (Wildman–Crippen LogP) is 6.43. The molecule has 5 nitrogen and oxygen atoms in total. The predicted molar refractivity (Wildman–Crippen MR) is 160 cm³/mol. The van der Waals surface area contributed by atoms with Crippen LogP contribution in [0.15, 0.2) is 103 Å². The Morgan fingerprint density at radius 3 is 2.00 bits per heavy atom. The van der Waals surface area contributed by atoms with Gasteiger partial charge in [-0.1, -0.05) is 91.0 Å². The van der Waals surface area contributed by atoms with E-state index in [0.717, 1.165) is 34.4 Å². The lowest BCUT2D eigenvalue weighted by molar-refractivity contribution is -0.142. The van der Waals surface area contributed by atoms with Gasteiger partial charge in [0.15, 0.2) is 0 Å². The Labute approximate surface area is 241 Å².